The van der Waals surface area contributed by atoms with Crippen molar-refractivity contribution < 1.29 is 27.1 Å². The van der Waals surface area contributed by atoms with E-state index in [1.54, 1.807) is 6.07 Å². The molecule has 1 saturated heterocycles. The molecule has 1 N–H and O–H groups in total. The maximum Gasteiger partial charge on any atom is 0.257 e. The molecular formula is C22H25N3O6S2. The summed E-state index contributed by atoms with van der Waals surface area (Å²) in [5.41, 5.74) is 1.66. The zero-order valence-corrected chi connectivity index (χ0v) is 19.9. The van der Waals surface area contributed by atoms with E-state index in [0.29, 0.717) is 41.0 Å². The highest BCUT2D eigenvalue weighted by molar-refractivity contribution is 7.99. The van der Waals surface area contributed by atoms with Gasteiger partial charge in [-0.1, -0.05) is 23.9 Å². The summed E-state index contributed by atoms with van der Waals surface area (Å²) in [6, 6.07) is 11.8. The van der Waals surface area contributed by atoms with Crippen LogP contribution in [0.4, 0.5) is 5.69 Å². The largest absolute Gasteiger partial charge is 0.489 e. The van der Waals surface area contributed by atoms with E-state index in [9.17, 15) is 13.2 Å². The van der Waals surface area contributed by atoms with E-state index in [-0.39, 0.29) is 35.7 Å². The van der Waals surface area contributed by atoms with Gasteiger partial charge in [0.05, 0.1) is 35.7 Å². The molecule has 2 aromatic carbocycles. The Morgan fingerprint density at radius 2 is 1.97 bits per heavy atom. The molecule has 1 aliphatic heterocycles. The minimum atomic E-state index is -3.72. The first-order valence-electron chi connectivity index (χ1n) is 10.5. The molecule has 1 aromatic heterocycles. The second kappa shape index (κ2) is 10.1. The van der Waals surface area contributed by atoms with E-state index in [0.717, 1.165) is 11.8 Å². The summed E-state index contributed by atoms with van der Waals surface area (Å²) >= 11 is 1.15. The average molecular weight is 492 g/mol. The molecule has 4 rings (SSSR count). The van der Waals surface area contributed by atoms with Crippen molar-refractivity contribution in [1.29, 1.82) is 0 Å². The summed E-state index contributed by atoms with van der Waals surface area (Å²) in [6.07, 6.45) is -0.156. The van der Waals surface area contributed by atoms with Crippen molar-refractivity contribution in [3.63, 3.8) is 0 Å². The number of aromatic nitrogens is 1. The Morgan fingerprint density at radius 1 is 1.21 bits per heavy atom. The number of morpholine rings is 1. The van der Waals surface area contributed by atoms with Gasteiger partial charge < -0.3 is 19.2 Å². The van der Waals surface area contributed by atoms with Crippen LogP contribution in [0.1, 0.15) is 13.8 Å². The van der Waals surface area contributed by atoms with Gasteiger partial charge in [-0.2, -0.15) is 4.31 Å². The van der Waals surface area contributed by atoms with Gasteiger partial charge in [0.25, 0.3) is 5.22 Å². The standard InChI is InChI=1S/C22H25N3O6S2/c1-15(2)30-20-8-7-16(33(27,28)25-9-11-29-12-10-25)13-18(20)23-21(26)14-32-22-24-17-5-3-4-6-19(17)31-22/h3-8,13,15H,9-12,14H2,1-2H3,(H,23,26). The number of thioether (sulfide) groups is 1. The molecule has 33 heavy (non-hydrogen) atoms. The van der Waals surface area contributed by atoms with Crippen LogP contribution >= 0.6 is 11.8 Å². The molecule has 1 fully saturated rings. The number of nitrogens with zero attached hydrogens (tertiary/aromatic N) is 2. The molecule has 0 atom stereocenters. The summed E-state index contributed by atoms with van der Waals surface area (Å²) < 4.78 is 44.1. The van der Waals surface area contributed by atoms with E-state index in [4.69, 9.17) is 13.9 Å². The second-order valence-corrected chi connectivity index (χ2v) is 10.5. The summed E-state index contributed by atoms with van der Waals surface area (Å²) in [6.45, 7) is 4.99. The molecule has 3 aromatic rings. The van der Waals surface area contributed by atoms with Crippen molar-refractivity contribution in [3.8, 4) is 5.75 Å². The number of benzene rings is 2. The molecule has 1 amide bonds. The van der Waals surface area contributed by atoms with Crippen molar-refractivity contribution in [2.24, 2.45) is 0 Å². The summed E-state index contributed by atoms with van der Waals surface area (Å²) in [5, 5.41) is 3.16. The number of fused-ring (bicyclic) bond motifs is 1. The number of carbonyl (C=O) groups is 1. The van der Waals surface area contributed by atoms with Crippen LogP contribution in [0, 0.1) is 0 Å². The number of amides is 1. The van der Waals surface area contributed by atoms with Crippen LogP contribution in [0.5, 0.6) is 5.75 Å². The van der Waals surface area contributed by atoms with E-state index in [1.165, 1.54) is 16.4 Å². The minimum absolute atomic E-state index is 0.0361. The predicted molar refractivity (Wildman–Crippen MR) is 125 cm³/mol. The van der Waals surface area contributed by atoms with Gasteiger partial charge in [-0.15, -0.1) is 0 Å². The first-order chi connectivity index (χ1) is 15.8. The SMILES string of the molecule is CC(C)Oc1ccc(S(=O)(=O)N2CCOCC2)cc1NC(=O)CSc1nc2ccccc2o1. The molecule has 0 unspecified atom stereocenters. The second-order valence-electron chi connectivity index (χ2n) is 7.63. The van der Waals surface area contributed by atoms with Gasteiger partial charge >= 0.3 is 0 Å². The highest BCUT2D eigenvalue weighted by Crippen LogP contribution is 2.31. The zero-order chi connectivity index (χ0) is 23.4. The summed E-state index contributed by atoms with van der Waals surface area (Å²) in [5.74, 6) is 0.0944. The highest BCUT2D eigenvalue weighted by Gasteiger charge is 2.27. The fraction of sp³-hybridized carbons (Fsp3) is 0.364. The van der Waals surface area contributed by atoms with Gasteiger partial charge in [0, 0.05) is 13.1 Å². The third kappa shape index (κ3) is 5.67. The number of carbonyl (C=O) groups excluding carboxylic acids is 1. The van der Waals surface area contributed by atoms with Crippen molar-refractivity contribution in [1.82, 2.24) is 9.29 Å². The fourth-order valence-electron chi connectivity index (χ4n) is 3.29. The molecule has 0 saturated carbocycles. The van der Waals surface area contributed by atoms with Crippen molar-refractivity contribution in [2.75, 3.05) is 37.4 Å². The number of nitrogens with one attached hydrogen (secondary N) is 1. The van der Waals surface area contributed by atoms with Crippen LogP contribution in [0.15, 0.2) is 57.0 Å². The minimum Gasteiger partial charge on any atom is -0.489 e. The van der Waals surface area contributed by atoms with Crippen LogP contribution in [0.25, 0.3) is 11.1 Å². The van der Waals surface area contributed by atoms with Crippen LogP contribution < -0.4 is 10.1 Å². The average Bonchev–Trinajstić information content (AvgIpc) is 3.22. The lowest BCUT2D eigenvalue weighted by Crippen LogP contribution is -2.40. The molecule has 1 aliphatic rings. The number of hydrogen-bond donors (Lipinski definition) is 1. The Labute approximate surface area is 196 Å². The predicted octanol–water partition coefficient (Wildman–Crippen LogP) is 3.37. The number of ether oxygens (including phenoxy) is 2. The zero-order valence-electron chi connectivity index (χ0n) is 18.3. The molecule has 0 aliphatic carbocycles. The van der Waals surface area contributed by atoms with E-state index >= 15 is 0 Å². The molecule has 176 valence electrons. The lowest BCUT2D eigenvalue weighted by atomic mass is 10.3. The van der Waals surface area contributed by atoms with Crippen molar-refractivity contribution in [3.05, 3.63) is 42.5 Å². The van der Waals surface area contributed by atoms with E-state index < -0.39 is 10.0 Å². The van der Waals surface area contributed by atoms with Gasteiger partial charge in [-0.25, -0.2) is 13.4 Å². The Bertz CT molecular complexity index is 1200. The summed E-state index contributed by atoms with van der Waals surface area (Å²) in [7, 11) is -3.72. The van der Waals surface area contributed by atoms with Crippen LogP contribution in [0.3, 0.4) is 0 Å². The van der Waals surface area contributed by atoms with Gasteiger partial charge in [0.15, 0.2) is 5.58 Å². The Balaban J connectivity index is 1.51. The number of rotatable bonds is 8. The molecule has 0 radical (unpaired) electrons. The molecule has 2 heterocycles. The van der Waals surface area contributed by atoms with Gasteiger partial charge in [-0.3, -0.25) is 4.79 Å². The third-order valence-electron chi connectivity index (χ3n) is 4.80. The number of anilines is 1. The number of para-hydroxylation sites is 2. The Hall–Kier alpha value is -2.60. The first-order valence-corrected chi connectivity index (χ1v) is 12.9. The van der Waals surface area contributed by atoms with Crippen LogP contribution in [-0.2, 0) is 19.6 Å². The molecule has 0 bridgehead atoms. The van der Waals surface area contributed by atoms with Gasteiger partial charge in [0.1, 0.15) is 11.3 Å². The summed E-state index contributed by atoms with van der Waals surface area (Å²) in [4.78, 5) is 17.1. The lowest BCUT2D eigenvalue weighted by molar-refractivity contribution is -0.113. The molecule has 9 nitrogen and oxygen atoms in total. The van der Waals surface area contributed by atoms with E-state index in [2.05, 4.69) is 10.3 Å². The van der Waals surface area contributed by atoms with Crippen molar-refractivity contribution >= 4 is 44.5 Å². The third-order valence-corrected chi connectivity index (χ3v) is 7.52. The molecular weight excluding hydrogens is 466 g/mol. The van der Waals surface area contributed by atoms with Crippen LogP contribution in [-0.4, -0.2) is 61.8 Å². The molecule has 11 heteroatoms. The maximum absolute atomic E-state index is 13.0. The van der Waals surface area contributed by atoms with Gasteiger partial charge in [0.2, 0.25) is 15.9 Å². The number of oxazole rings is 1. The van der Waals surface area contributed by atoms with Crippen molar-refractivity contribution in [2.45, 2.75) is 30.1 Å². The smallest absolute Gasteiger partial charge is 0.257 e. The Kier molecular flexibility index (Phi) is 7.23. The number of hydrogen-bond acceptors (Lipinski definition) is 8. The topological polar surface area (TPSA) is 111 Å². The first kappa shape index (κ1) is 23.6. The quantitative estimate of drug-likeness (QED) is 0.478. The maximum atomic E-state index is 13.0. The number of sulfonamides is 1. The van der Waals surface area contributed by atoms with E-state index in [1.807, 2.05) is 38.1 Å². The lowest BCUT2D eigenvalue weighted by Gasteiger charge is -2.26. The monoisotopic (exact) mass is 491 g/mol. The van der Waals surface area contributed by atoms with Gasteiger partial charge in [-0.05, 0) is 44.2 Å². The Morgan fingerprint density at radius 3 is 2.70 bits per heavy atom. The normalized spacial score (nSPS) is 15.1. The fourth-order valence-corrected chi connectivity index (χ4v) is 5.36. The molecule has 0 spiro atoms. The highest BCUT2D eigenvalue weighted by atomic mass is 32.2. The van der Waals surface area contributed by atoms with Crippen LogP contribution in [0.2, 0.25) is 0 Å².